The quantitative estimate of drug-likeness (QED) is 0.743. The number of fused-ring (bicyclic) bond motifs is 1. The molecule has 68 valence electrons. The predicted molar refractivity (Wildman–Crippen MR) is 48.8 cm³/mol. The fraction of sp³-hybridized carbons (Fsp3) is 0. The molecular formula is C6H5N3O2S2. The summed E-state index contributed by atoms with van der Waals surface area (Å²) in [5, 5.41) is 8.69. The van der Waals surface area contributed by atoms with Crippen LogP contribution in [0, 0.1) is 0 Å². The monoisotopic (exact) mass is 215 g/mol. The number of hydrogen-bond donors (Lipinski definition) is 1. The van der Waals surface area contributed by atoms with Crippen LogP contribution in [-0.4, -0.2) is 18.0 Å². The zero-order valence-corrected chi connectivity index (χ0v) is 7.97. The molecule has 1 aromatic heterocycles. The minimum absolute atomic E-state index is 0.0627. The summed E-state index contributed by atoms with van der Waals surface area (Å²) < 4.78 is 26.4. The van der Waals surface area contributed by atoms with Gasteiger partial charge in [0.2, 0.25) is 10.0 Å². The van der Waals surface area contributed by atoms with Gasteiger partial charge >= 0.3 is 0 Å². The zero-order valence-electron chi connectivity index (χ0n) is 6.34. The number of sulfonamides is 1. The molecule has 0 amide bonds. The molecule has 0 spiro atoms. The van der Waals surface area contributed by atoms with Crippen molar-refractivity contribution in [3.8, 4) is 0 Å². The van der Waals surface area contributed by atoms with E-state index in [-0.39, 0.29) is 4.90 Å². The van der Waals surface area contributed by atoms with E-state index in [1.807, 2.05) is 0 Å². The topological polar surface area (TPSA) is 85.9 Å². The fourth-order valence-corrected chi connectivity index (χ4v) is 2.01. The van der Waals surface area contributed by atoms with Gasteiger partial charge in [-0.25, -0.2) is 13.6 Å². The van der Waals surface area contributed by atoms with Gasteiger partial charge in [0, 0.05) is 0 Å². The predicted octanol–water partition coefficient (Wildman–Crippen LogP) is 0.339. The average Bonchev–Trinajstić information content (AvgIpc) is 2.47. The van der Waals surface area contributed by atoms with Gasteiger partial charge in [-0.3, -0.25) is 0 Å². The molecule has 0 aliphatic heterocycles. The highest BCUT2D eigenvalue weighted by Crippen LogP contribution is 2.18. The molecule has 2 aromatic rings. The summed E-state index contributed by atoms with van der Waals surface area (Å²) in [6, 6.07) is 4.49. The number of benzene rings is 1. The van der Waals surface area contributed by atoms with Crippen molar-refractivity contribution in [1.29, 1.82) is 0 Å². The van der Waals surface area contributed by atoms with Crippen molar-refractivity contribution in [2.45, 2.75) is 4.90 Å². The Kier molecular flexibility index (Phi) is 1.79. The summed E-state index contributed by atoms with van der Waals surface area (Å²) in [5.74, 6) is 0. The van der Waals surface area contributed by atoms with E-state index in [2.05, 4.69) is 9.59 Å². The number of aromatic nitrogens is 2. The highest BCUT2D eigenvalue weighted by Gasteiger charge is 2.09. The van der Waals surface area contributed by atoms with Crippen molar-refractivity contribution in [3.05, 3.63) is 18.2 Å². The molecule has 0 aliphatic carbocycles. The molecular weight excluding hydrogens is 210 g/mol. The Morgan fingerprint density at radius 3 is 2.85 bits per heavy atom. The SMILES string of the molecule is NS(=O)(=O)c1ccc2snnc2c1. The molecule has 0 bridgehead atoms. The summed E-state index contributed by atoms with van der Waals surface area (Å²) >= 11 is 1.21. The Morgan fingerprint density at radius 2 is 2.15 bits per heavy atom. The normalized spacial score (nSPS) is 12.1. The minimum atomic E-state index is -3.64. The molecule has 0 aliphatic rings. The van der Waals surface area contributed by atoms with Crippen LogP contribution in [0.2, 0.25) is 0 Å². The van der Waals surface area contributed by atoms with E-state index < -0.39 is 10.0 Å². The largest absolute Gasteiger partial charge is 0.238 e. The molecule has 1 aromatic carbocycles. The Bertz CT molecular complexity index is 546. The number of rotatable bonds is 1. The lowest BCUT2D eigenvalue weighted by Gasteiger charge is -1.95. The Balaban J connectivity index is 2.75. The van der Waals surface area contributed by atoms with Crippen molar-refractivity contribution in [2.75, 3.05) is 0 Å². The van der Waals surface area contributed by atoms with Gasteiger partial charge in [-0.05, 0) is 29.7 Å². The van der Waals surface area contributed by atoms with E-state index in [9.17, 15) is 8.42 Å². The lowest BCUT2D eigenvalue weighted by Crippen LogP contribution is -2.11. The molecule has 0 saturated heterocycles. The van der Waals surface area contributed by atoms with E-state index in [4.69, 9.17) is 5.14 Å². The zero-order chi connectivity index (χ0) is 9.47. The van der Waals surface area contributed by atoms with Crippen LogP contribution >= 0.6 is 11.5 Å². The smallest absolute Gasteiger partial charge is 0.225 e. The van der Waals surface area contributed by atoms with Gasteiger partial charge in [0.15, 0.2) is 0 Å². The summed E-state index contributed by atoms with van der Waals surface area (Å²) in [6.07, 6.45) is 0. The molecule has 0 fully saturated rings. The molecule has 2 rings (SSSR count). The number of nitrogens with zero attached hydrogens (tertiary/aromatic N) is 2. The second-order valence-electron chi connectivity index (χ2n) is 2.45. The van der Waals surface area contributed by atoms with Crippen LogP contribution in [0.15, 0.2) is 23.1 Å². The van der Waals surface area contributed by atoms with Crippen molar-refractivity contribution in [1.82, 2.24) is 9.59 Å². The van der Waals surface area contributed by atoms with Crippen LogP contribution in [0.5, 0.6) is 0 Å². The third kappa shape index (κ3) is 1.53. The summed E-state index contributed by atoms with van der Waals surface area (Å²) in [6.45, 7) is 0. The maximum Gasteiger partial charge on any atom is 0.238 e. The number of nitrogens with two attached hydrogens (primary N) is 1. The van der Waals surface area contributed by atoms with Gasteiger partial charge in [0.1, 0.15) is 5.52 Å². The summed E-state index contributed by atoms with van der Waals surface area (Å²) in [5.41, 5.74) is 0.552. The minimum Gasteiger partial charge on any atom is -0.225 e. The highest BCUT2D eigenvalue weighted by atomic mass is 32.2. The van der Waals surface area contributed by atoms with Crippen molar-refractivity contribution >= 4 is 31.8 Å². The highest BCUT2D eigenvalue weighted by molar-refractivity contribution is 7.89. The first-order valence-electron chi connectivity index (χ1n) is 3.32. The Labute approximate surface area is 78.4 Å². The summed E-state index contributed by atoms with van der Waals surface area (Å²) in [7, 11) is -3.64. The number of hydrogen-bond acceptors (Lipinski definition) is 5. The first kappa shape index (κ1) is 8.54. The van der Waals surface area contributed by atoms with Crippen molar-refractivity contribution in [3.63, 3.8) is 0 Å². The lowest BCUT2D eigenvalue weighted by molar-refractivity contribution is 0.598. The molecule has 13 heavy (non-hydrogen) atoms. The second-order valence-corrected chi connectivity index (χ2v) is 4.79. The van der Waals surface area contributed by atoms with Gasteiger partial charge in [-0.15, -0.1) is 5.10 Å². The van der Waals surface area contributed by atoms with Crippen LogP contribution in [0.3, 0.4) is 0 Å². The van der Waals surface area contributed by atoms with Crippen LogP contribution in [0.1, 0.15) is 0 Å². The van der Waals surface area contributed by atoms with E-state index in [1.165, 1.54) is 23.7 Å². The standard InChI is InChI=1S/C6H5N3O2S2/c7-13(10,11)4-1-2-6-5(3-4)8-9-12-6/h1-3H,(H2,7,10,11). The maximum atomic E-state index is 10.9. The maximum absolute atomic E-state index is 10.9. The van der Waals surface area contributed by atoms with Gasteiger partial charge in [0.25, 0.3) is 0 Å². The van der Waals surface area contributed by atoms with E-state index >= 15 is 0 Å². The third-order valence-electron chi connectivity index (χ3n) is 1.55. The molecule has 0 atom stereocenters. The molecule has 0 radical (unpaired) electrons. The van der Waals surface area contributed by atoms with Crippen LogP contribution in [-0.2, 0) is 10.0 Å². The van der Waals surface area contributed by atoms with E-state index in [1.54, 1.807) is 6.07 Å². The third-order valence-corrected chi connectivity index (χ3v) is 3.16. The number of primary sulfonamides is 1. The summed E-state index contributed by atoms with van der Waals surface area (Å²) in [4.78, 5) is 0.0627. The first-order valence-corrected chi connectivity index (χ1v) is 5.64. The molecule has 0 saturated carbocycles. The van der Waals surface area contributed by atoms with Gasteiger partial charge < -0.3 is 0 Å². The average molecular weight is 215 g/mol. The Morgan fingerprint density at radius 1 is 1.38 bits per heavy atom. The van der Waals surface area contributed by atoms with Crippen molar-refractivity contribution in [2.24, 2.45) is 5.14 Å². The van der Waals surface area contributed by atoms with E-state index in [0.29, 0.717) is 5.52 Å². The van der Waals surface area contributed by atoms with Gasteiger partial charge in [-0.2, -0.15) is 0 Å². The van der Waals surface area contributed by atoms with Gasteiger partial charge in [0.05, 0.1) is 9.60 Å². The first-order chi connectivity index (χ1) is 6.07. The second kappa shape index (κ2) is 2.72. The van der Waals surface area contributed by atoms with E-state index in [0.717, 1.165) is 4.70 Å². The van der Waals surface area contributed by atoms with Gasteiger partial charge in [-0.1, -0.05) is 4.49 Å². The van der Waals surface area contributed by atoms with Crippen molar-refractivity contribution < 1.29 is 8.42 Å². The molecule has 5 nitrogen and oxygen atoms in total. The molecule has 0 unspecified atom stereocenters. The molecule has 2 N–H and O–H groups in total. The van der Waals surface area contributed by atoms with Crippen LogP contribution in [0.4, 0.5) is 0 Å². The molecule has 1 heterocycles. The molecule has 7 heteroatoms. The van der Waals surface area contributed by atoms with Crippen LogP contribution < -0.4 is 5.14 Å². The van der Waals surface area contributed by atoms with Crippen LogP contribution in [0.25, 0.3) is 10.2 Å². The fourth-order valence-electron chi connectivity index (χ4n) is 0.938. The lowest BCUT2D eigenvalue weighted by atomic mass is 10.3. The Hall–Kier alpha value is -1.05.